The van der Waals surface area contributed by atoms with Gasteiger partial charge in [0.1, 0.15) is 17.4 Å². The Hall–Kier alpha value is -3.79. The van der Waals surface area contributed by atoms with Crippen molar-refractivity contribution in [2.75, 3.05) is 23.1 Å². The van der Waals surface area contributed by atoms with Gasteiger partial charge in [-0.2, -0.15) is 0 Å². The molecule has 4 N–H and O–H groups in total. The van der Waals surface area contributed by atoms with E-state index < -0.39 is 23.5 Å². The predicted octanol–water partition coefficient (Wildman–Crippen LogP) is 6.12. The second-order valence-electron chi connectivity index (χ2n) is 10.2. The molecule has 2 unspecified atom stereocenters. The van der Waals surface area contributed by atoms with Crippen LogP contribution in [-0.2, 0) is 5.54 Å². The Labute approximate surface area is 240 Å². The van der Waals surface area contributed by atoms with E-state index in [0.29, 0.717) is 49.8 Å². The standard InChI is InChI=1S/C29H26Cl2FN5O3/c1-13(2)36-25-24(35-26(36)17-11-19(32)20(33)12-23(17)40-4)27(38)37(22-10-16(31)6-5-14(22)3)29(25)18-8-7-15(30)9-21(18)34-28(29)39/h5-13,28,34,39H,33H2,1-4H3. The zero-order valence-electron chi connectivity index (χ0n) is 22.1. The molecular weight excluding hydrogens is 556 g/mol. The fourth-order valence-corrected chi connectivity index (χ4v) is 6.25. The topological polar surface area (TPSA) is 106 Å². The third-order valence-electron chi connectivity index (χ3n) is 7.60. The van der Waals surface area contributed by atoms with Crippen molar-refractivity contribution in [3.8, 4) is 17.1 Å². The SMILES string of the molecule is COc1cc(N)c(F)cc1-c1nc2c(n1C(C)C)C1(c3ccc(Cl)cc3NC1O)N(c1cc(Cl)ccc1C)C2=O. The number of rotatable bonds is 4. The van der Waals surface area contributed by atoms with Gasteiger partial charge in [-0.25, -0.2) is 9.37 Å². The highest BCUT2D eigenvalue weighted by molar-refractivity contribution is 6.31. The number of methoxy groups -OCH3 is 1. The molecule has 40 heavy (non-hydrogen) atoms. The van der Waals surface area contributed by atoms with Crippen LogP contribution in [0.25, 0.3) is 11.4 Å². The molecule has 0 saturated heterocycles. The van der Waals surface area contributed by atoms with Crippen molar-refractivity contribution < 1.29 is 19.0 Å². The molecular formula is C29H26Cl2FN5O3. The number of aromatic nitrogens is 2. The van der Waals surface area contributed by atoms with Gasteiger partial charge in [0.15, 0.2) is 17.5 Å². The predicted molar refractivity (Wildman–Crippen MR) is 154 cm³/mol. The highest BCUT2D eigenvalue weighted by Gasteiger charge is 2.63. The van der Waals surface area contributed by atoms with Crippen LogP contribution in [0.5, 0.6) is 5.75 Å². The molecule has 1 amide bonds. The number of aliphatic hydroxyl groups is 1. The van der Waals surface area contributed by atoms with Crippen molar-refractivity contribution in [2.24, 2.45) is 0 Å². The molecule has 0 bridgehead atoms. The van der Waals surface area contributed by atoms with Crippen molar-refractivity contribution in [1.29, 1.82) is 0 Å². The normalized spacial score (nSPS) is 19.4. The second-order valence-corrected chi connectivity index (χ2v) is 11.1. The number of fused-ring (bicyclic) bond motifs is 4. The number of imidazole rings is 1. The molecule has 0 radical (unpaired) electrons. The summed E-state index contributed by atoms with van der Waals surface area (Å²) in [7, 11) is 1.45. The number of anilines is 3. The lowest BCUT2D eigenvalue weighted by molar-refractivity contribution is 0.0913. The van der Waals surface area contributed by atoms with Crippen molar-refractivity contribution in [3.05, 3.63) is 86.9 Å². The highest BCUT2D eigenvalue weighted by Crippen LogP contribution is 2.56. The van der Waals surface area contributed by atoms with E-state index in [9.17, 15) is 14.3 Å². The lowest BCUT2D eigenvalue weighted by Crippen LogP contribution is -2.54. The highest BCUT2D eigenvalue weighted by atomic mass is 35.5. The first-order chi connectivity index (χ1) is 19.0. The lowest BCUT2D eigenvalue weighted by Gasteiger charge is -2.40. The molecule has 2 aliphatic rings. The fraction of sp³-hybridized carbons (Fsp3) is 0.241. The van der Waals surface area contributed by atoms with Crippen LogP contribution in [0, 0.1) is 12.7 Å². The van der Waals surface area contributed by atoms with E-state index in [1.165, 1.54) is 19.2 Å². The van der Waals surface area contributed by atoms with Crippen molar-refractivity contribution >= 4 is 46.2 Å². The number of carbonyl (C=O) groups excluding carboxylic acids is 1. The quantitative estimate of drug-likeness (QED) is 0.250. The summed E-state index contributed by atoms with van der Waals surface area (Å²) in [5.74, 6) is -0.486. The van der Waals surface area contributed by atoms with Crippen LogP contribution in [0.2, 0.25) is 10.0 Å². The first-order valence-electron chi connectivity index (χ1n) is 12.6. The summed E-state index contributed by atoms with van der Waals surface area (Å²) >= 11 is 12.7. The molecule has 1 spiro atoms. The summed E-state index contributed by atoms with van der Waals surface area (Å²) in [6.07, 6.45) is -1.29. The van der Waals surface area contributed by atoms with Gasteiger partial charge < -0.3 is 25.5 Å². The van der Waals surface area contributed by atoms with Crippen LogP contribution in [0.3, 0.4) is 0 Å². The van der Waals surface area contributed by atoms with Gasteiger partial charge in [0.2, 0.25) is 0 Å². The van der Waals surface area contributed by atoms with E-state index in [0.717, 1.165) is 5.56 Å². The monoisotopic (exact) mass is 581 g/mol. The number of nitrogens with zero attached hydrogens (tertiary/aromatic N) is 3. The molecule has 2 atom stereocenters. The van der Waals surface area contributed by atoms with Crippen molar-refractivity contribution in [1.82, 2.24) is 9.55 Å². The number of benzene rings is 3. The summed E-state index contributed by atoms with van der Waals surface area (Å²) in [5, 5.41) is 15.9. The van der Waals surface area contributed by atoms with E-state index in [4.69, 9.17) is 38.7 Å². The molecule has 0 aliphatic carbocycles. The summed E-state index contributed by atoms with van der Waals surface area (Å²) in [6.45, 7) is 5.72. The maximum atomic E-state index is 14.8. The number of nitrogen functional groups attached to an aromatic ring is 1. The minimum Gasteiger partial charge on any atom is -0.496 e. The number of carbonyl (C=O) groups is 1. The van der Waals surface area contributed by atoms with Crippen molar-refractivity contribution in [2.45, 2.75) is 38.6 Å². The first-order valence-corrected chi connectivity index (χ1v) is 13.4. The average molecular weight is 582 g/mol. The summed E-state index contributed by atoms with van der Waals surface area (Å²) in [6, 6.07) is 12.8. The molecule has 4 aromatic rings. The Kier molecular flexibility index (Phi) is 6.03. The molecule has 3 heterocycles. The second kappa shape index (κ2) is 9.12. The number of hydrogen-bond acceptors (Lipinski definition) is 6. The van der Waals surface area contributed by atoms with Gasteiger partial charge in [-0.1, -0.05) is 35.3 Å². The summed E-state index contributed by atoms with van der Waals surface area (Å²) in [4.78, 5) is 20.8. The third-order valence-corrected chi connectivity index (χ3v) is 8.07. The molecule has 206 valence electrons. The van der Waals surface area contributed by atoms with Crippen LogP contribution in [0.15, 0.2) is 48.5 Å². The van der Waals surface area contributed by atoms with Crippen LogP contribution in [0.1, 0.15) is 47.2 Å². The Balaban J connectivity index is 1.74. The number of aliphatic hydroxyl groups excluding tert-OH is 1. The van der Waals surface area contributed by atoms with Crippen LogP contribution in [-0.4, -0.2) is 33.9 Å². The van der Waals surface area contributed by atoms with Gasteiger partial charge in [-0.15, -0.1) is 0 Å². The van der Waals surface area contributed by atoms with Gasteiger partial charge in [-0.05, 0) is 56.7 Å². The van der Waals surface area contributed by atoms with E-state index in [2.05, 4.69) is 5.32 Å². The van der Waals surface area contributed by atoms with E-state index in [1.54, 1.807) is 35.2 Å². The number of hydrogen-bond donors (Lipinski definition) is 3. The summed E-state index contributed by atoms with van der Waals surface area (Å²) in [5.41, 5.74) is 7.65. The van der Waals surface area contributed by atoms with Crippen LogP contribution in [0.4, 0.5) is 21.5 Å². The van der Waals surface area contributed by atoms with Crippen LogP contribution < -0.4 is 20.7 Å². The molecule has 3 aromatic carbocycles. The maximum Gasteiger partial charge on any atom is 0.280 e. The lowest BCUT2D eigenvalue weighted by atomic mass is 9.86. The number of nitrogens with one attached hydrogen (secondary N) is 1. The molecule has 1 aromatic heterocycles. The minimum absolute atomic E-state index is 0.0767. The zero-order chi connectivity index (χ0) is 28.7. The van der Waals surface area contributed by atoms with Gasteiger partial charge in [0.25, 0.3) is 5.91 Å². The Morgan fingerprint density at radius 1 is 1.15 bits per heavy atom. The van der Waals surface area contributed by atoms with Gasteiger partial charge in [0.05, 0.1) is 29.7 Å². The number of ether oxygens (including phenoxy) is 1. The zero-order valence-corrected chi connectivity index (χ0v) is 23.6. The first kappa shape index (κ1) is 26.4. The number of nitrogens with two attached hydrogens (primary N) is 1. The smallest absolute Gasteiger partial charge is 0.280 e. The molecule has 2 aliphatic heterocycles. The van der Waals surface area contributed by atoms with Gasteiger partial charge in [-0.3, -0.25) is 9.69 Å². The fourth-order valence-electron chi connectivity index (χ4n) is 5.91. The molecule has 8 nitrogen and oxygen atoms in total. The molecule has 11 heteroatoms. The van der Waals surface area contributed by atoms with Gasteiger partial charge >= 0.3 is 0 Å². The Morgan fingerprint density at radius 2 is 1.85 bits per heavy atom. The summed E-state index contributed by atoms with van der Waals surface area (Å²) < 4.78 is 22.2. The van der Waals surface area contributed by atoms with E-state index >= 15 is 0 Å². The van der Waals surface area contributed by atoms with Crippen LogP contribution >= 0.6 is 23.2 Å². The van der Waals surface area contributed by atoms with Gasteiger partial charge in [0, 0.05) is 33.4 Å². The third kappa shape index (κ3) is 3.47. The molecule has 6 rings (SSSR count). The number of amides is 1. The number of aryl methyl sites for hydroxylation is 1. The molecule has 0 fully saturated rings. The molecule has 0 saturated carbocycles. The van der Waals surface area contributed by atoms with Crippen molar-refractivity contribution in [3.63, 3.8) is 0 Å². The maximum absolute atomic E-state index is 14.8. The number of halogens is 3. The largest absolute Gasteiger partial charge is 0.496 e. The minimum atomic E-state index is -1.46. The average Bonchev–Trinajstić information content (AvgIpc) is 3.51. The Morgan fingerprint density at radius 3 is 2.55 bits per heavy atom. The Bertz CT molecular complexity index is 1720. The van der Waals surface area contributed by atoms with E-state index in [1.807, 2.05) is 31.4 Å². The van der Waals surface area contributed by atoms with E-state index in [-0.39, 0.29) is 17.4 Å².